The van der Waals surface area contributed by atoms with Crippen molar-refractivity contribution in [3.05, 3.63) is 29.3 Å². The molecule has 1 fully saturated rings. The van der Waals surface area contributed by atoms with E-state index in [2.05, 4.69) is 5.32 Å². The Balaban J connectivity index is 2.05. The molecule has 18 heavy (non-hydrogen) atoms. The number of carbonyl (C=O) groups is 2. The molecule has 0 bridgehead atoms. The van der Waals surface area contributed by atoms with E-state index in [1.165, 1.54) is 0 Å². The van der Waals surface area contributed by atoms with Crippen LogP contribution in [0.5, 0.6) is 0 Å². The normalized spacial score (nSPS) is 19.1. The van der Waals surface area contributed by atoms with Crippen molar-refractivity contribution < 1.29 is 9.59 Å². The molecular weight excluding hydrogens is 252 g/mol. The van der Waals surface area contributed by atoms with Crippen LogP contribution in [-0.4, -0.2) is 24.4 Å². The van der Waals surface area contributed by atoms with E-state index >= 15 is 0 Å². The zero-order valence-corrected chi connectivity index (χ0v) is 10.9. The van der Waals surface area contributed by atoms with E-state index in [0.29, 0.717) is 24.4 Å². The van der Waals surface area contributed by atoms with E-state index in [4.69, 9.17) is 11.6 Å². The van der Waals surface area contributed by atoms with Gasteiger partial charge >= 0.3 is 0 Å². The number of anilines is 1. The van der Waals surface area contributed by atoms with Crippen molar-refractivity contribution in [3.63, 3.8) is 0 Å². The number of rotatable bonds is 3. The molecule has 1 heterocycles. The van der Waals surface area contributed by atoms with Crippen LogP contribution < -0.4 is 10.2 Å². The van der Waals surface area contributed by atoms with E-state index < -0.39 is 0 Å². The number of amides is 2. The highest BCUT2D eigenvalue weighted by Crippen LogP contribution is 2.23. The molecule has 2 amide bonds. The molecule has 2 rings (SSSR count). The van der Waals surface area contributed by atoms with Crippen molar-refractivity contribution in [1.82, 2.24) is 5.32 Å². The van der Waals surface area contributed by atoms with E-state index in [9.17, 15) is 9.59 Å². The Morgan fingerprint density at radius 3 is 2.72 bits per heavy atom. The average Bonchev–Trinajstić information content (AvgIpc) is 2.71. The van der Waals surface area contributed by atoms with Crippen LogP contribution in [0.3, 0.4) is 0 Å². The van der Waals surface area contributed by atoms with Gasteiger partial charge in [0.2, 0.25) is 11.8 Å². The molecule has 1 atom stereocenters. The van der Waals surface area contributed by atoms with Crippen LogP contribution in [0.4, 0.5) is 5.69 Å². The summed E-state index contributed by atoms with van der Waals surface area (Å²) >= 11 is 5.81. The van der Waals surface area contributed by atoms with Gasteiger partial charge in [-0.1, -0.05) is 18.5 Å². The van der Waals surface area contributed by atoms with Gasteiger partial charge in [-0.15, -0.1) is 0 Å². The zero-order chi connectivity index (χ0) is 13.1. The smallest absolute Gasteiger partial charge is 0.229 e. The summed E-state index contributed by atoms with van der Waals surface area (Å²) in [6.45, 7) is 2.31. The molecule has 1 saturated heterocycles. The fraction of sp³-hybridized carbons (Fsp3) is 0.385. The molecule has 1 aromatic carbocycles. The lowest BCUT2D eigenvalue weighted by atomic mass is 10.2. The molecule has 0 unspecified atom stereocenters. The predicted molar refractivity (Wildman–Crippen MR) is 70.6 cm³/mol. The summed E-state index contributed by atoms with van der Waals surface area (Å²) in [5.41, 5.74) is 0.817. The molecule has 1 aliphatic rings. The van der Waals surface area contributed by atoms with Crippen molar-refractivity contribution in [3.8, 4) is 0 Å². The minimum atomic E-state index is -0.0966. The van der Waals surface area contributed by atoms with Gasteiger partial charge in [-0.05, 0) is 24.3 Å². The minimum absolute atomic E-state index is 0.0224. The summed E-state index contributed by atoms with van der Waals surface area (Å²) in [6, 6.07) is 7.03. The number of nitrogens with one attached hydrogen (secondary N) is 1. The first kappa shape index (κ1) is 12.9. The molecule has 4 nitrogen and oxygen atoms in total. The van der Waals surface area contributed by atoms with Crippen LogP contribution in [0.15, 0.2) is 24.3 Å². The summed E-state index contributed by atoms with van der Waals surface area (Å²) < 4.78 is 0. The van der Waals surface area contributed by atoms with E-state index in [1.54, 1.807) is 24.0 Å². The highest BCUT2D eigenvalue weighted by atomic mass is 35.5. The molecule has 1 aliphatic heterocycles. The lowest BCUT2D eigenvalue weighted by Crippen LogP contribution is -2.36. The first-order valence-electron chi connectivity index (χ1n) is 5.95. The van der Waals surface area contributed by atoms with Crippen LogP contribution in [-0.2, 0) is 9.59 Å². The molecule has 0 spiro atoms. The van der Waals surface area contributed by atoms with Gasteiger partial charge in [0.05, 0.1) is 6.04 Å². The van der Waals surface area contributed by atoms with Gasteiger partial charge in [0.1, 0.15) is 0 Å². The van der Waals surface area contributed by atoms with Gasteiger partial charge < -0.3 is 10.2 Å². The Morgan fingerprint density at radius 1 is 1.44 bits per heavy atom. The zero-order valence-electron chi connectivity index (χ0n) is 10.1. The monoisotopic (exact) mass is 266 g/mol. The van der Waals surface area contributed by atoms with Crippen LogP contribution in [0.2, 0.25) is 5.02 Å². The molecule has 96 valence electrons. The first-order valence-corrected chi connectivity index (χ1v) is 6.33. The molecule has 1 aromatic rings. The quantitative estimate of drug-likeness (QED) is 0.909. The Labute approximate surface area is 111 Å². The first-order chi connectivity index (χ1) is 8.60. The standard InChI is InChI=1S/C13H15ClN2O2/c1-2-12(17)15-10-7-13(18)16(8-10)11-5-3-9(14)4-6-11/h3-6,10H,2,7-8H2,1H3,(H,15,17)/t10-/m1/s1. The predicted octanol–water partition coefficient (Wildman–Crippen LogP) is 1.97. The summed E-state index contributed by atoms with van der Waals surface area (Å²) in [5, 5.41) is 3.48. The summed E-state index contributed by atoms with van der Waals surface area (Å²) in [4.78, 5) is 24.9. The third-order valence-corrected chi connectivity index (χ3v) is 3.20. The van der Waals surface area contributed by atoms with E-state index in [1.807, 2.05) is 12.1 Å². The highest BCUT2D eigenvalue weighted by Gasteiger charge is 2.31. The molecular formula is C13H15ClN2O2. The topological polar surface area (TPSA) is 49.4 Å². The van der Waals surface area contributed by atoms with E-state index in [-0.39, 0.29) is 17.9 Å². The largest absolute Gasteiger partial charge is 0.351 e. The number of nitrogens with zero attached hydrogens (tertiary/aromatic N) is 1. The van der Waals surface area contributed by atoms with Crippen molar-refractivity contribution >= 4 is 29.1 Å². The van der Waals surface area contributed by atoms with Gasteiger partial charge in [0.25, 0.3) is 0 Å². The Morgan fingerprint density at radius 2 is 2.11 bits per heavy atom. The number of hydrogen-bond acceptors (Lipinski definition) is 2. The van der Waals surface area contributed by atoms with Crippen LogP contribution in [0, 0.1) is 0 Å². The fourth-order valence-corrected chi connectivity index (χ4v) is 2.13. The van der Waals surface area contributed by atoms with Gasteiger partial charge in [-0.3, -0.25) is 9.59 Å². The highest BCUT2D eigenvalue weighted by molar-refractivity contribution is 6.30. The number of hydrogen-bond donors (Lipinski definition) is 1. The molecule has 0 radical (unpaired) electrons. The van der Waals surface area contributed by atoms with Crippen LogP contribution in [0.25, 0.3) is 0 Å². The lowest BCUT2D eigenvalue weighted by Gasteiger charge is -2.17. The van der Waals surface area contributed by atoms with Gasteiger partial charge in [0, 0.05) is 30.1 Å². The summed E-state index contributed by atoms with van der Waals surface area (Å²) in [6.07, 6.45) is 0.792. The fourth-order valence-electron chi connectivity index (χ4n) is 2.00. The van der Waals surface area contributed by atoms with Gasteiger partial charge in [0.15, 0.2) is 0 Å². The maximum Gasteiger partial charge on any atom is 0.229 e. The number of halogens is 1. The second kappa shape index (κ2) is 5.40. The average molecular weight is 267 g/mol. The lowest BCUT2D eigenvalue weighted by molar-refractivity contribution is -0.121. The van der Waals surface area contributed by atoms with Crippen LogP contribution in [0.1, 0.15) is 19.8 Å². The molecule has 0 aromatic heterocycles. The SMILES string of the molecule is CCC(=O)N[C@@H]1CC(=O)N(c2ccc(Cl)cc2)C1. The summed E-state index contributed by atoms with van der Waals surface area (Å²) in [7, 11) is 0. The molecule has 1 N–H and O–H groups in total. The maximum absolute atomic E-state index is 11.9. The van der Waals surface area contributed by atoms with Gasteiger partial charge in [-0.2, -0.15) is 0 Å². The Hall–Kier alpha value is -1.55. The second-order valence-electron chi connectivity index (χ2n) is 4.30. The van der Waals surface area contributed by atoms with Crippen molar-refractivity contribution in [2.24, 2.45) is 0 Å². The van der Waals surface area contributed by atoms with Crippen molar-refractivity contribution in [2.75, 3.05) is 11.4 Å². The molecule has 0 saturated carbocycles. The Kier molecular flexibility index (Phi) is 3.87. The Bertz CT molecular complexity index is 459. The third-order valence-electron chi connectivity index (χ3n) is 2.95. The minimum Gasteiger partial charge on any atom is -0.351 e. The van der Waals surface area contributed by atoms with Gasteiger partial charge in [-0.25, -0.2) is 0 Å². The third kappa shape index (κ3) is 2.82. The second-order valence-corrected chi connectivity index (χ2v) is 4.74. The van der Waals surface area contributed by atoms with Crippen molar-refractivity contribution in [2.45, 2.75) is 25.8 Å². The van der Waals surface area contributed by atoms with E-state index in [0.717, 1.165) is 5.69 Å². The molecule has 0 aliphatic carbocycles. The number of benzene rings is 1. The van der Waals surface area contributed by atoms with Crippen LogP contribution >= 0.6 is 11.6 Å². The maximum atomic E-state index is 11.9. The van der Waals surface area contributed by atoms with Crippen molar-refractivity contribution in [1.29, 1.82) is 0 Å². The number of carbonyl (C=O) groups excluding carboxylic acids is 2. The summed E-state index contributed by atoms with van der Waals surface area (Å²) in [5.74, 6) is 0.00415. The molecule has 5 heteroatoms.